The molecule has 0 saturated heterocycles. The van der Waals surface area contributed by atoms with Gasteiger partial charge in [0.15, 0.2) is 11.4 Å². The highest BCUT2D eigenvalue weighted by Gasteiger charge is 2.26. The van der Waals surface area contributed by atoms with Crippen LogP contribution in [0.4, 0.5) is 0 Å². The Bertz CT molecular complexity index is 258. The predicted octanol–water partition coefficient (Wildman–Crippen LogP) is 1.84. The topological polar surface area (TPSA) is 29.9 Å². The summed E-state index contributed by atoms with van der Waals surface area (Å²) in [6, 6.07) is 0.341. The third kappa shape index (κ3) is 1.84. The van der Waals surface area contributed by atoms with E-state index in [1.54, 1.807) is 4.74 Å². The summed E-state index contributed by atoms with van der Waals surface area (Å²) in [5.74, 6) is 0. The number of rotatable bonds is 1. The standard InChI is InChI=1S/C9H17N2O/c1-7(2)11-6-8(10-12-11)9(3,4)5/h6-7H,1-5H3/q+1. The Kier molecular flexibility index (Phi) is 2.22. The van der Waals surface area contributed by atoms with Gasteiger partial charge in [-0.1, -0.05) is 30.1 Å². The molecule has 1 aromatic heterocycles. The minimum atomic E-state index is 0.0731. The predicted molar refractivity (Wildman–Crippen MR) is 45.8 cm³/mol. The molecule has 0 aromatic carbocycles. The highest BCUT2D eigenvalue weighted by molar-refractivity contribution is 5.02. The van der Waals surface area contributed by atoms with Crippen LogP contribution in [0.5, 0.6) is 0 Å². The first kappa shape index (κ1) is 9.23. The van der Waals surface area contributed by atoms with Gasteiger partial charge in [0.1, 0.15) is 6.04 Å². The first-order valence-corrected chi connectivity index (χ1v) is 4.30. The van der Waals surface area contributed by atoms with E-state index < -0.39 is 0 Å². The minimum absolute atomic E-state index is 0.0731. The first-order valence-electron chi connectivity index (χ1n) is 4.30. The fraction of sp³-hybridized carbons (Fsp3) is 0.778. The summed E-state index contributed by atoms with van der Waals surface area (Å²) in [5, 5.41) is 4.00. The molecule has 0 N–H and O–H groups in total. The summed E-state index contributed by atoms with van der Waals surface area (Å²) >= 11 is 0. The molecule has 0 amide bonds. The highest BCUT2D eigenvalue weighted by atomic mass is 16.6. The van der Waals surface area contributed by atoms with E-state index in [0.717, 1.165) is 5.69 Å². The maximum atomic E-state index is 5.12. The lowest BCUT2D eigenvalue weighted by atomic mass is 9.93. The van der Waals surface area contributed by atoms with Gasteiger partial charge in [0, 0.05) is 5.41 Å². The maximum Gasteiger partial charge on any atom is 0.248 e. The van der Waals surface area contributed by atoms with Gasteiger partial charge in [-0.05, 0) is 13.8 Å². The van der Waals surface area contributed by atoms with Gasteiger partial charge in [0.05, 0.1) is 0 Å². The number of hydrogen-bond donors (Lipinski definition) is 0. The van der Waals surface area contributed by atoms with Crippen LogP contribution in [0.15, 0.2) is 10.8 Å². The molecular formula is C9H17N2O+. The normalized spacial score (nSPS) is 12.5. The van der Waals surface area contributed by atoms with Gasteiger partial charge < -0.3 is 0 Å². The van der Waals surface area contributed by atoms with Crippen molar-refractivity contribution in [3.8, 4) is 0 Å². The molecule has 12 heavy (non-hydrogen) atoms. The second-order valence-corrected chi connectivity index (χ2v) is 4.39. The molecule has 0 radical (unpaired) electrons. The molecule has 3 heteroatoms. The van der Waals surface area contributed by atoms with Crippen molar-refractivity contribution >= 4 is 0 Å². The van der Waals surface area contributed by atoms with E-state index in [1.807, 2.05) is 6.20 Å². The Hall–Kier alpha value is -0.860. The van der Waals surface area contributed by atoms with E-state index in [4.69, 9.17) is 4.63 Å². The van der Waals surface area contributed by atoms with Crippen molar-refractivity contribution < 1.29 is 9.37 Å². The minimum Gasteiger partial charge on any atom is -0.0848 e. The van der Waals surface area contributed by atoms with Crippen molar-refractivity contribution in [3.63, 3.8) is 0 Å². The van der Waals surface area contributed by atoms with Crippen LogP contribution in [0.25, 0.3) is 0 Å². The van der Waals surface area contributed by atoms with Gasteiger partial charge in [0.25, 0.3) is 0 Å². The van der Waals surface area contributed by atoms with Gasteiger partial charge in [-0.3, -0.25) is 0 Å². The number of nitrogens with zero attached hydrogens (tertiary/aromatic N) is 2. The average molecular weight is 169 g/mol. The van der Waals surface area contributed by atoms with E-state index >= 15 is 0 Å². The zero-order valence-electron chi connectivity index (χ0n) is 8.46. The van der Waals surface area contributed by atoms with Crippen LogP contribution in [0.3, 0.4) is 0 Å². The van der Waals surface area contributed by atoms with E-state index in [1.165, 1.54) is 0 Å². The van der Waals surface area contributed by atoms with Crippen LogP contribution in [0, 0.1) is 0 Å². The van der Waals surface area contributed by atoms with E-state index in [0.29, 0.717) is 6.04 Å². The van der Waals surface area contributed by atoms with Gasteiger partial charge in [-0.25, -0.2) is 0 Å². The summed E-state index contributed by atoms with van der Waals surface area (Å²) < 4.78 is 6.88. The first-order chi connectivity index (χ1) is 5.41. The summed E-state index contributed by atoms with van der Waals surface area (Å²) in [4.78, 5) is 0. The number of aromatic nitrogens is 2. The second kappa shape index (κ2) is 2.88. The van der Waals surface area contributed by atoms with Crippen LogP contribution in [0.2, 0.25) is 0 Å². The average Bonchev–Trinajstić information content (AvgIpc) is 2.30. The quantitative estimate of drug-likeness (QED) is 0.600. The monoisotopic (exact) mass is 169 g/mol. The van der Waals surface area contributed by atoms with Crippen molar-refractivity contribution in [2.24, 2.45) is 0 Å². The van der Waals surface area contributed by atoms with Crippen molar-refractivity contribution in [2.75, 3.05) is 0 Å². The lowest BCUT2D eigenvalue weighted by molar-refractivity contribution is -0.886. The fourth-order valence-electron chi connectivity index (χ4n) is 0.833. The molecule has 0 saturated carbocycles. The van der Waals surface area contributed by atoms with Crippen LogP contribution in [0.1, 0.15) is 46.4 Å². The molecule has 1 rings (SSSR count). The lowest BCUT2D eigenvalue weighted by Crippen LogP contribution is -2.33. The molecule has 68 valence electrons. The van der Waals surface area contributed by atoms with E-state index in [9.17, 15) is 0 Å². The van der Waals surface area contributed by atoms with Crippen LogP contribution in [-0.4, -0.2) is 5.16 Å². The summed E-state index contributed by atoms with van der Waals surface area (Å²) in [6.07, 6.45) is 1.96. The van der Waals surface area contributed by atoms with Crippen LogP contribution >= 0.6 is 0 Å². The van der Waals surface area contributed by atoms with Crippen LogP contribution < -0.4 is 4.74 Å². The molecule has 0 aliphatic heterocycles. The van der Waals surface area contributed by atoms with E-state index in [2.05, 4.69) is 39.8 Å². The Morgan fingerprint density at radius 3 is 2.25 bits per heavy atom. The van der Waals surface area contributed by atoms with Gasteiger partial charge in [0.2, 0.25) is 5.69 Å². The molecule has 0 fully saturated rings. The van der Waals surface area contributed by atoms with Gasteiger partial charge in [-0.15, -0.1) is 0 Å². The van der Waals surface area contributed by atoms with Gasteiger partial charge in [-0.2, -0.15) is 0 Å². The van der Waals surface area contributed by atoms with Gasteiger partial charge >= 0.3 is 0 Å². The smallest absolute Gasteiger partial charge is 0.0848 e. The van der Waals surface area contributed by atoms with Crippen molar-refractivity contribution in [1.82, 2.24) is 5.16 Å². The largest absolute Gasteiger partial charge is 0.248 e. The summed E-state index contributed by atoms with van der Waals surface area (Å²) in [5.41, 5.74) is 1.07. The fourth-order valence-corrected chi connectivity index (χ4v) is 0.833. The third-order valence-electron chi connectivity index (χ3n) is 1.76. The van der Waals surface area contributed by atoms with E-state index in [-0.39, 0.29) is 5.41 Å². The molecule has 0 unspecified atom stereocenters. The van der Waals surface area contributed by atoms with Crippen LogP contribution in [-0.2, 0) is 5.41 Å². The number of hydrogen-bond acceptors (Lipinski definition) is 2. The lowest BCUT2D eigenvalue weighted by Gasteiger charge is -2.07. The molecule has 1 aromatic rings. The molecule has 3 nitrogen and oxygen atoms in total. The summed E-state index contributed by atoms with van der Waals surface area (Å²) in [6.45, 7) is 10.5. The van der Waals surface area contributed by atoms with Crippen molar-refractivity contribution in [2.45, 2.75) is 46.1 Å². The molecular weight excluding hydrogens is 152 g/mol. The van der Waals surface area contributed by atoms with Crippen molar-refractivity contribution in [1.29, 1.82) is 0 Å². The zero-order chi connectivity index (χ0) is 9.35. The molecule has 1 heterocycles. The summed E-state index contributed by atoms with van der Waals surface area (Å²) in [7, 11) is 0. The molecule has 0 spiro atoms. The second-order valence-electron chi connectivity index (χ2n) is 4.39. The van der Waals surface area contributed by atoms with Crippen molar-refractivity contribution in [3.05, 3.63) is 11.9 Å². The Morgan fingerprint density at radius 2 is 2.00 bits per heavy atom. The maximum absolute atomic E-state index is 5.12. The highest BCUT2D eigenvalue weighted by Crippen LogP contribution is 2.18. The third-order valence-corrected chi connectivity index (χ3v) is 1.76. The Labute approximate surface area is 73.3 Å². The Balaban J connectivity index is 2.92. The molecule has 0 bridgehead atoms. The SMILES string of the molecule is CC(C)[n+]1cc(C(C)(C)C)no1. The zero-order valence-corrected chi connectivity index (χ0v) is 8.46. The molecule has 0 aliphatic carbocycles. The Morgan fingerprint density at radius 1 is 1.42 bits per heavy atom. The molecule has 0 atom stereocenters. The molecule has 0 aliphatic rings.